The first-order valence-corrected chi connectivity index (χ1v) is 11.0. The molecular weight excluding hydrogens is 481 g/mol. The molecule has 0 aliphatic rings. The number of amides is 2. The molecule has 0 saturated heterocycles. The lowest BCUT2D eigenvalue weighted by atomic mass is 10.2. The van der Waals surface area contributed by atoms with E-state index in [1.807, 2.05) is 0 Å². The Kier molecular flexibility index (Phi) is 7.52. The maximum absolute atomic E-state index is 13.9. The molecule has 0 saturated carbocycles. The number of carbonyl (C=O) groups is 2. The summed E-state index contributed by atoms with van der Waals surface area (Å²) in [6.07, 6.45) is 0.107. The second kappa shape index (κ2) is 8.59. The van der Waals surface area contributed by atoms with Crippen LogP contribution in [0.2, 0.25) is 0 Å². The molecule has 2 N–H and O–H groups in total. The molecule has 0 radical (unpaired) electrons. The molecule has 1 rings (SSSR count). The molecule has 0 spiro atoms. The fraction of sp³-hybridized carbons (Fsp3) is 0.500. The van der Waals surface area contributed by atoms with Gasteiger partial charge in [-0.1, -0.05) is 36.4 Å². The average Bonchev–Trinajstić information content (AvgIpc) is 2.61. The van der Waals surface area contributed by atoms with Gasteiger partial charge in [-0.15, -0.1) is 0 Å². The smallest absolute Gasteiger partial charge is 0.334 e. The van der Waals surface area contributed by atoms with Gasteiger partial charge in [-0.2, -0.15) is 8.78 Å². The molecule has 0 aliphatic carbocycles. The molecule has 0 aromatic heterocycles. The normalized spacial score (nSPS) is 13.3. The number of imide groups is 1. The minimum Gasteiger partial charge on any atom is -0.397 e. The van der Waals surface area contributed by atoms with E-state index < -0.39 is 37.3 Å². The van der Waals surface area contributed by atoms with Gasteiger partial charge >= 0.3 is 11.8 Å². The number of sulfone groups is 1. The van der Waals surface area contributed by atoms with Crippen molar-refractivity contribution in [3.05, 3.63) is 18.2 Å². The minimum atomic E-state index is -3.79. The highest BCUT2D eigenvalue weighted by Gasteiger charge is 2.44. The maximum atomic E-state index is 13.9. The van der Waals surface area contributed by atoms with Crippen molar-refractivity contribution in [1.29, 1.82) is 0 Å². The number of hydrogen-bond donors (Lipinski definition) is 1. The van der Waals surface area contributed by atoms with Crippen molar-refractivity contribution in [2.75, 3.05) is 15.1 Å². The van der Waals surface area contributed by atoms with E-state index in [1.165, 1.54) is 48.6 Å². The molecule has 2 amide bonds. The van der Waals surface area contributed by atoms with E-state index in [1.54, 1.807) is 6.92 Å². The number of carbonyl (C=O) groups excluding carboxylic acids is 2. The van der Waals surface area contributed by atoms with Gasteiger partial charge in [-0.25, -0.2) is 13.3 Å². The topological polar surface area (TPSA) is 97.5 Å². The van der Waals surface area contributed by atoms with Crippen LogP contribution in [0.3, 0.4) is 0 Å². The number of alkyl halides is 3. The van der Waals surface area contributed by atoms with Crippen LogP contribution < -0.4 is 10.6 Å². The summed E-state index contributed by atoms with van der Waals surface area (Å²) in [5.74, 6) is -6.42. The first-order valence-electron chi connectivity index (χ1n) is 7.88. The van der Waals surface area contributed by atoms with Gasteiger partial charge in [0.1, 0.15) is 0 Å². The van der Waals surface area contributed by atoms with Crippen LogP contribution in [0.5, 0.6) is 0 Å². The van der Waals surface area contributed by atoms with Crippen molar-refractivity contribution in [2.24, 2.45) is 0 Å². The lowest BCUT2D eigenvalue weighted by Gasteiger charge is -2.26. The zero-order valence-corrected chi connectivity index (χ0v) is 17.6. The van der Waals surface area contributed by atoms with Crippen molar-refractivity contribution in [1.82, 2.24) is 0 Å². The molecule has 6 nitrogen and oxygen atoms in total. The van der Waals surface area contributed by atoms with Crippen LogP contribution in [0.1, 0.15) is 33.6 Å². The van der Waals surface area contributed by atoms with E-state index in [9.17, 15) is 26.8 Å². The van der Waals surface area contributed by atoms with Crippen molar-refractivity contribution in [2.45, 2.75) is 49.7 Å². The first-order chi connectivity index (χ1) is 11.9. The number of nitrogen functional groups attached to an aromatic ring is 1. The van der Waals surface area contributed by atoms with E-state index in [-0.39, 0.29) is 27.6 Å². The van der Waals surface area contributed by atoms with Gasteiger partial charge in [0.25, 0.3) is 0 Å². The van der Waals surface area contributed by atoms with Crippen LogP contribution in [-0.2, 0) is 19.4 Å². The summed E-state index contributed by atoms with van der Waals surface area (Å²) in [5.41, 5.74) is 5.27. The lowest BCUT2D eigenvalue weighted by Crippen LogP contribution is -2.48. The molecule has 0 heterocycles. The lowest BCUT2D eigenvalue weighted by molar-refractivity contribution is -0.142. The molecule has 10 heteroatoms. The molecule has 26 heavy (non-hydrogen) atoms. The molecule has 1 aromatic carbocycles. The SMILES string of the molecule is CCC(=O)N(C(=O)C(F)(F)CI)c1cc(S(=O)(=O)C(C)CC)ccc1N. The predicted octanol–water partition coefficient (Wildman–Crippen LogP) is 3.18. The number of hydrogen-bond acceptors (Lipinski definition) is 5. The second-order valence-corrected chi connectivity index (χ2v) is 8.84. The monoisotopic (exact) mass is 502 g/mol. The molecule has 1 aromatic rings. The zero-order valence-electron chi connectivity index (χ0n) is 14.6. The molecule has 0 bridgehead atoms. The fourth-order valence-corrected chi connectivity index (χ4v) is 3.85. The summed E-state index contributed by atoms with van der Waals surface area (Å²) in [7, 11) is -3.75. The molecule has 146 valence electrons. The largest absolute Gasteiger partial charge is 0.397 e. The summed E-state index contributed by atoms with van der Waals surface area (Å²) >= 11 is 1.34. The van der Waals surface area contributed by atoms with Gasteiger partial charge in [-0.05, 0) is 31.5 Å². The van der Waals surface area contributed by atoms with Gasteiger partial charge < -0.3 is 5.73 Å². The highest BCUT2D eigenvalue weighted by Crippen LogP contribution is 2.32. The van der Waals surface area contributed by atoms with Crippen molar-refractivity contribution in [3.63, 3.8) is 0 Å². The summed E-state index contributed by atoms with van der Waals surface area (Å²) in [6, 6.07) is 3.43. The van der Waals surface area contributed by atoms with E-state index >= 15 is 0 Å². The fourth-order valence-electron chi connectivity index (χ4n) is 2.08. The Morgan fingerprint density at radius 3 is 2.35 bits per heavy atom. The first kappa shape index (κ1) is 22.7. The predicted molar refractivity (Wildman–Crippen MR) is 104 cm³/mol. The van der Waals surface area contributed by atoms with Gasteiger partial charge in [0, 0.05) is 6.42 Å². The van der Waals surface area contributed by atoms with Gasteiger partial charge in [-0.3, -0.25) is 9.59 Å². The van der Waals surface area contributed by atoms with E-state index in [0.717, 1.165) is 6.07 Å². The summed E-state index contributed by atoms with van der Waals surface area (Å²) < 4.78 is 52.1. The third-order valence-corrected chi connectivity index (χ3v) is 7.17. The van der Waals surface area contributed by atoms with Gasteiger partial charge in [0.15, 0.2) is 9.84 Å². The Bertz CT molecular complexity index is 799. The van der Waals surface area contributed by atoms with Crippen molar-refractivity contribution in [3.8, 4) is 0 Å². The van der Waals surface area contributed by atoms with E-state index in [2.05, 4.69) is 0 Å². The second-order valence-electron chi connectivity index (χ2n) is 5.71. The number of benzene rings is 1. The van der Waals surface area contributed by atoms with Crippen LogP contribution >= 0.6 is 22.6 Å². The van der Waals surface area contributed by atoms with Crippen LogP contribution in [0.25, 0.3) is 0 Å². The van der Waals surface area contributed by atoms with Crippen molar-refractivity contribution < 1.29 is 26.8 Å². The third kappa shape index (κ3) is 4.51. The Balaban J connectivity index is 3.61. The van der Waals surface area contributed by atoms with Crippen LogP contribution in [0.15, 0.2) is 23.1 Å². The highest BCUT2D eigenvalue weighted by molar-refractivity contribution is 14.1. The molecule has 0 aliphatic heterocycles. The number of anilines is 2. The van der Waals surface area contributed by atoms with E-state index in [0.29, 0.717) is 6.42 Å². The van der Waals surface area contributed by atoms with Crippen LogP contribution in [0, 0.1) is 0 Å². The summed E-state index contributed by atoms with van der Waals surface area (Å²) in [4.78, 5) is 24.5. The van der Waals surface area contributed by atoms with Gasteiger partial charge in [0.2, 0.25) is 5.91 Å². The third-order valence-electron chi connectivity index (χ3n) is 3.91. The molecule has 0 fully saturated rings. The Morgan fingerprint density at radius 1 is 1.31 bits per heavy atom. The number of nitrogens with zero attached hydrogens (tertiary/aromatic N) is 1. The van der Waals surface area contributed by atoms with Crippen LogP contribution in [0.4, 0.5) is 20.2 Å². The van der Waals surface area contributed by atoms with Crippen LogP contribution in [-0.4, -0.2) is 35.8 Å². The minimum absolute atomic E-state index is 0.146. The number of rotatable bonds is 7. The Labute approximate surface area is 165 Å². The molecule has 1 unspecified atom stereocenters. The highest BCUT2D eigenvalue weighted by atomic mass is 127. The molecular formula is C16H21F2IN2O4S. The molecule has 1 atom stereocenters. The van der Waals surface area contributed by atoms with E-state index in [4.69, 9.17) is 5.73 Å². The Hall–Kier alpha value is -1.30. The number of halogens is 3. The average molecular weight is 502 g/mol. The van der Waals surface area contributed by atoms with Crippen molar-refractivity contribution >= 4 is 55.6 Å². The standard InChI is InChI=1S/C16H21F2IN2O4S/c1-4-10(3)26(24,25)11-6-7-12(20)13(8-11)21(14(22)5-2)15(23)16(17,18)9-19/h6-8,10H,4-5,9,20H2,1-3H3. The Morgan fingerprint density at radius 2 is 1.88 bits per heavy atom. The maximum Gasteiger partial charge on any atom is 0.334 e. The summed E-state index contributed by atoms with van der Waals surface area (Å²) in [5, 5.41) is -0.721. The summed E-state index contributed by atoms with van der Waals surface area (Å²) in [6.45, 7) is 4.61. The quantitative estimate of drug-likeness (QED) is 0.351. The number of nitrogens with two attached hydrogens (primary N) is 1. The van der Waals surface area contributed by atoms with Gasteiger partial charge in [0.05, 0.1) is 25.9 Å². The zero-order chi connectivity index (χ0) is 20.3.